The van der Waals surface area contributed by atoms with Gasteiger partial charge in [0.2, 0.25) is 0 Å². The molecule has 0 atom stereocenters. The van der Waals surface area contributed by atoms with Crippen LogP contribution in [0.5, 0.6) is 0 Å². The molecule has 0 saturated carbocycles. The first-order valence-corrected chi connectivity index (χ1v) is 6.51. The summed E-state index contributed by atoms with van der Waals surface area (Å²) < 4.78 is 38.2. The van der Waals surface area contributed by atoms with Crippen LogP contribution in [0, 0.1) is 0 Å². The van der Waals surface area contributed by atoms with Crippen LogP contribution in [-0.4, -0.2) is 47.4 Å². The highest BCUT2D eigenvalue weighted by molar-refractivity contribution is 6.31. The molecule has 1 aromatic carbocycles. The predicted octanol–water partition coefficient (Wildman–Crippen LogP) is 2.90. The largest absolute Gasteiger partial charge is 0.417 e. The molecular weight excluding hydrogens is 311 g/mol. The first-order chi connectivity index (χ1) is 9.77. The fourth-order valence-corrected chi connectivity index (χ4v) is 2.15. The summed E-state index contributed by atoms with van der Waals surface area (Å²) in [6.07, 6.45) is -4.58. The van der Waals surface area contributed by atoms with E-state index in [2.05, 4.69) is 5.32 Å². The molecule has 21 heavy (non-hydrogen) atoms. The summed E-state index contributed by atoms with van der Waals surface area (Å²) in [5, 5.41) is 12.2. The maximum atomic E-state index is 12.7. The lowest BCUT2D eigenvalue weighted by Gasteiger charge is -2.31. The number of benzene rings is 1. The molecule has 2 amide bonds. The second kappa shape index (κ2) is 6.08. The van der Waals surface area contributed by atoms with Crippen LogP contribution in [0.1, 0.15) is 5.56 Å². The molecule has 0 aromatic heterocycles. The molecule has 1 fully saturated rings. The van der Waals surface area contributed by atoms with E-state index in [1.807, 2.05) is 0 Å². The molecule has 0 unspecified atom stereocenters. The Bertz CT molecular complexity index is 531. The van der Waals surface area contributed by atoms with Crippen LogP contribution in [0.25, 0.3) is 0 Å². The molecule has 116 valence electrons. The SMILES string of the molecule is O=C(Nc1ccc(Cl)c(C(F)(F)F)c1)N1CCN(O)CC1. The average Bonchev–Trinajstić information content (AvgIpc) is 2.40. The highest BCUT2D eigenvalue weighted by Crippen LogP contribution is 2.36. The molecule has 2 rings (SSSR count). The summed E-state index contributed by atoms with van der Waals surface area (Å²) in [5.74, 6) is 0. The van der Waals surface area contributed by atoms with Gasteiger partial charge in [-0.25, -0.2) is 4.79 Å². The number of nitrogens with one attached hydrogen (secondary N) is 1. The third-order valence-electron chi connectivity index (χ3n) is 3.07. The number of hydroxylamine groups is 2. The average molecular weight is 324 g/mol. The van der Waals surface area contributed by atoms with Crippen molar-refractivity contribution in [2.75, 3.05) is 31.5 Å². The van der Waals surface area contributed by atoms with Crippen molar-refractivity contribution in [3.8, 4) is 0 Å². The van der Waals surface area contributed by atoms with Crippen LogP contribution in [0.15, 0.2) is 18.2 Å². The molecule has 0 radical (unpaired) electrons. The van der Waals surface area contributed by atoms with Gasteiger partial charge >= 0.3 is 12.2 Å². The van der Waals surface area contributed by atoms with Crippen LogP contribution in [0.4, 0.5) is 23.7 Å². The summed E-state index contributed by atoms with van der Waals surface area (Å²) in [5.41, 5.74) is -0.981. The Morgan fingerprint density at radius 3 is 2.43 bits per heavy atom. The van der Waals surface area contributed by atoms with Gasteiger partial charge in [0.05, 0.1) is 10.6 Å². The number of urea groups is 1. The van der Waals surface area contributed by atoms with Gasteiger partial charge in [-0.05, 0) is 18.2 Å². The van der Waals surface area contributed by atoms with Gasteiger partial charge in [-0.15, -0.1) is 0 Å². The van der Waals surface area contributed by atoms with Gasteiger partial charge in [-0.2, -0.15) is 18.2 Å². The van der Waals surface area contributed by atoms with Gasteiger partial charge in [0.25, 0.3) is 0 Å². The number of halogens is 4. The lowest BCUT2D eigenvalue weighted by molar-refractivity contribution is -0.137. The topological polar surface area (TPSA) is 55.8 Å². The van der Waals surface area contributed by atoms with Crippen molar-refractivity contribution in [1.82, 2.24) is 9.96 Å². The predicted molar refractivity (Wildman–Crippen MR) is 70.4 cm³/mol. The Morgan fingerprint density at radius 2 is 1.86 bits per heavy atom. The minimum Gasteiger partial charge on any atom is -0.322 e. The smallest absolute Gasteiger partial charge is 0.322 e. The van der Waals surface area contributed by atoms with Crippen LogP contribution < -0.4 is 5.32 Å². The van der Waals surface area contributed by atoms with E-state index in [4.69, 9.17) is 11.6 Å². The molecule has 9 heteroatoms. The van der Waals surface area contributed by atoms with Crippen molar-refractivity contribution < 1.29 is 23.2 Å². The van der Waals surface area contributed by atoms with Crippen molar-refractivity contribution in [3.05, 3.63) is 28.8 Å². The van der Waals surface area contributed by atoms with Crippen LogP contribution >= 0.6 is 11.6 Å². The Balaban J connectivity index is 2.08. The van der Waals surface area contributed by atoms with Gasteiger partial charge in [-0.1, -0.05) is 11.6 Å². The van der Waals surface area contributed by atoms with Gasteiger partial charge < -0.3 is 15.4 Å². The molecule has 0 bridgehead atoms. The zero-order valence-electron chi connectivity index (χ0n) is 10.8. The summed E-state index contributed by atoms with van der Waals surface area (Å²) in [7, 11) is 0. The molecule has 0 spiro atoms. The number of nitrogens with zero attached hydrogens (tertiary/aromatic N) is 2. The second-order valence-electron chi connectivity index (χ2n) is 4.56. The zero-order chi connectivity index (χ0) is 15.6. The lowest BCUT2D eigenvalue weighted by Crippen LogP contribution is -2.48. The summed E-state index contributed by atoms with van der Waals surface area (Å²) in [4.78, 5) is 13.3. The van der Waals surface area contributed by atoms with E-state index < -0.39 is 22.8 Å². The number of rotatable bonds is 1. The van der Waals surface area contributed by atoms with Crippen molar-refractivity contribution >= 4 is 23.3 Å². The van der Waals surface area contributed by atoms with Crippen LogP contribution in [-0.2, 0) is 6.18 Å². The first-order valence-electron chi connectivity index (χ1n) is 6.14. The number of piperazine rings is 1. The van der Waals surface area contributed by atoms with E-state index in [-0.39, 0.29) is 5.69 Å². The third-order valence-corrected chi connectivity index (χ3v) is 3.40. The Kier molecular flexibility index (Phi) is 4.60. The zero-order valence-corrected chi connectivity index (χ0v) is 11.6. The number of hydrogen-bond donors (Lipinski definition) is 2. The van der Waals surface area contributed by atoms with Crippen LogP contribution in [0.3, 0.4) is 0 Å². The Hall–Kier alpha value is -1.51. The third kappa shape index (κ3) is 3.99. The fourth-order valence-electron chi connectivity index (χ4n) is 1.92. The normalized spacial score (nSPS) is 16.9. The lowest BCUT2D eigenvalue weighted by atomic mass is 10.2. The van der Waals surface area contributed by atoms with Crippen molar-refractivity contribution in [1.29, 1.82) is 0 Å². The van der Waals surface area contributed by atoms with Crippen LogP contribution in [0.2, 0.25) is 5.02 Å². The van der Waals surface area contributed by atoms with Crippen molar-refractivity contribution in [2.45, 2.75) is 6.18 Å². The van der Waals surface area contributed by atoms with E-state index in [1.54, 1.807) is 0 Å². The van der Waals surface area contributed by atoms with Gasteiger partial charge in [0.1, 0.15) is 0 Å². The molecule has 2 N–H and O–H groups in total. The number of carbonyl (C=O) groups is 1. The molecular formula is C12H13ClF3N3O2. The van der Waals surface area contributed by atoms with E-state index >= 15 is 0 Å². The molecule has 1 aliphatic heterocycles. The van der Waals surface area contributed by atoms with Gasteiger partial charge in [0.15, 0.2) is 0 Å². The number of hydrogen-bond acceptors (Lipinski definition) is 3. The summed E-state index contributed by atoms with van der Waals surface area (Å²) >= 11 is 5.51. The molecule has 1 aliphatic rings. The number of carbonyl (C=O) groups excluding carboxylic acids is 1. The molecule has 5 nitrogen and oxygen atoms in total. The van der Waals surface area contributed by atoms with E-state index in [1.165, 1.54) is 11.0 Å². The molecule has 0 aliphatic carbocycles. The monoisotopic (exact) mass is 323 g/mol. The van der Waals surface area contributed by atoms with Gasteiger partial charge in [0, 0.05) is 31.9 Å². The molecule has 1 saturated heterocycles. The highest BCUT2D eigenvalue weighted by atomic mass is 35.5. The minimum absolute atomic E-state index is 0.0168. The second-order valence-corrected chi connectivity index (χ2v) is 4.97. The number of amides is 2. The highest BCUT2D eigenvalue weighted by Gasteiger charge is 2.33. The van der Waals surface area contributed by atoms with E-state index in [9.17, 15) is 23.2 Å². The maximum absolute atomic E-state index is 12.7. The summed E-state index contributed by atoms with van der Waals surface area (Å²) in [6, 6.07) is 2.67. The first kappa shape index (κ1) is 15.9. The standard InChI is InChI=1S/C12H13ClF3N3O2/c13-10-2-1-8(7-9(10)12(14,15)16)17-11(20)18-3-5-19(21)6-4-18/h1-2,7,21H,3-6H2,(H,17,20). The van der Waals surface area contributed by atoms with Crippen molar-refractivity contribution in [2.24, 2.45) is 0 Å². The van der Waals surface area contributed by atoms with Gasteiger partial charge in [-0.3, -0.25) is 0 Å². The van der Waals surface area contributed by atoms with Crippen molar-refractivity contribution in [3.63, 3.8) is 0 Å². The number of anilines is 1. The van der Waals surface area contributed by atoms with E-state index in [0.29, 0.717) is 26.2 Å². The maximum Gasteiger partial charge on any atom is 0.417 e. The Labute approximate surface area is 123 Å². The molecule has 1 heterocycles. The molecule has 1 aromatic rings. The quantitative estimate of drug-likeness (QED) is 0.835. The minimum atomic E-state index is -4.58. The fraction of sp³-hybridized carbons (Fsp3) is 0.417. The number of alkyl halides is 3. The Morgan fingerprint density at radius 1 is 1.24 bits per heavy atom. The summed E-state index contributed by atoms with van der Waals surface area (Å²) in [6.45, 7) is 1.17. The van der Waals surface area contributed by atoms with E-state index in [0.717, 1.165) is 17.2 Å².